The molecule has 3 N–H and O–H groups in total. The monoisotopic (exact) mass is 333 g/mol. The van der Waals surface area contributed by atoms with Crippen LogP contribution in [-0.4, -0.2) is 63.1 Å². The Balaban J connectivity index is 2.37. The van der Waals surface area contributed by atoms with Crippen LogP contribution in [0, 0.1) is 0 Å². The zero-order valence-electron chi connectivity index (χ0n) is 11.7. The first-order valence-corrected chi connectivity index (χ1v) is 7.08. The van der Waals surface area contributed by atoms with E-state index in [9.17, 15) is 14.7 Å². The zero-order chi connectivity index (χ0) is 16.5. The van der Waals surface area contributed by atoms with Gasteiger partial charge in [-0.15, -0.1) is 11.6 Å². The molecule has 2 saturated heterocycles. The quantitative estimate of drug-likeness (QED) is 0.287. The molecule has 0 saturated carbocycles. The van der Waals surface area contributed by atoms with E-state index in [1.807, 2.05) is 0 Å². The van der Waals surface area contributed by atoms with Crippen molar-refractivity contribution in [2.75, 3.05) is 6.61 Å². The van der Waals surface area contributed by atoms with Crippen molar-refractivity contribution in [3.63, 3.8) is 0 Å². The molecule has 2 fully saturated rings. The molecule has 11 heteroatoms. The first-order chi connectivity index (χ1) is 10.4. The summed E-state index contributed by atoms with van der Waals surface area (Å²) in [6.45, 7) is 1.18. The average molecular weight is 334 g/mol. The Labute approximate surface area is 130 Å². The lowest BCUT2D eigenvalue weighted by Gasteiger charge is -2.44. The molecule has 2 aliphatic rings. The first-order valence-electron chi connectivity index (χ1n) is 6.70. The third-order valence-electron chi connectivity index (χ3n) is 3.88. The van der Waals surface area contributed by atoms with Gasteiger partial charge >= 0.3 is 6.03 Å². The predicted molar refractivity (Wildman–Crippen MR) is 73.6 cm³/mol. The molecule has 0 bridgehead atoms. The molecule has 0 aromatic heterocycles. The Morgan fingerprint density at radius 1 is 1.64 bits per heavy atom. The number of urea groups is 1. The van der Waals surface area contributed by atoms with Gasteiger partial charge in [-0.05, 0) is 12.0 Å². The minimum atomic E-state index is -1.63. The van der Waals surface area contributed by atoms with Crippen LogP contribution in [0.1, 0.15) is 19.8 Å². The van der Waals surface area contributed by atoms with Gasteiger partial charge in [0, 0.05) is 11.3 Å². The van der Waals surface area contributed by atoms with E-state index in [-0.39, 0.29) is 12.8 Å². The topological polar surface area (TPSA) is 148 Å². The zero-order valence-corrected chi connectivity index (χ0v) is 12.5. The predicted octanol–water partition coefficient (Wildman–Crippen LogP) is 0.0304. The Hall–Kier alpha value is -1.58. The Morgan fingerprint density at radius 3 is 2.82 bits per heavy atom. The number of nitrogens with zero attached hydrogens (tertiary/aromatic N) is 4. The smallest absolute Gasteiger partial charge is 0.326 e. The molecule has 5 unspecified atom stereocenters. The Morgan fingerprint density at radius 2 is 2.32 bits per heavy atom. The highest BCUT2D eigenvalue weighted by molar-refractivity contribution is 6.37. The van der Waals surface area contributed by atoms with Gasteiger partial charge in [-0.2, -0.15) is 0 Å². The third-order valence-corrected chi connectivity index (χ3v) is 4.51. The van der Waals surface area contributed by atoms with E-state index in [0.29, 0.717) is 0 Å². The second kappa shape index (κ2) is 6.27. The molecule has 2 aliphatic heterocycles. The number of hydrogen-bond acceptors (Lipinski definition) is 6. The van der Waals surface area contributed by atoms with Crippen molar-refractivity contribution in [1.29, 1.82) is 0 Å². The average Bonchev–Trinajstić information content (AvgIpc) is 2.85. The van der Waals surface area contributed by atoms with Crippen molar-refractivity contribution < 1.29 is 24.5 Å². The molecule has 3 amide bonds. The number of ether oxygens (including phenoxy) is 1. The van der Waals surface area contributed by atoms with Crippen molar-refractivity contribution in [3.8, 4) is 0 Å². The summed E-state index contributed by atoms with van der Waals surface area (Å²) in [4.78, 5) is 26.1. The third kappa shape index (κ3) is 2.59. The number of carbonyl (C=O) groups excluding carboxylic acids is 2. The lowest BCUT2D eigenvalue weighted by molar-refractivity contribution is -0.131. The number of alkyl halides is 1. The van der Waals surface area contributed by atoms with Crippen molar-refractivity contribution in [1.82, 2.24) is 10.2 Å². The SMILES string of the molecule is CCC1(Cl)C(=O)NC(=O)N(C2CC(O)C(CO)O2)C1N=[N+]=[N-]. The van der Waals surface area contributed by atoms with Crippen LogP contribution in [0.5, 0.6) is 0 Å². The van der Waals surface area contributed by atoms with Crippen LogP contribution in [0.3, 0.4) is 0 Å². The van der Waals surface area contributed by atoms with Gasteiger partial charge < -0.3 is 14.9 Å². The van der Waals surface area contributed by atoms with Crippen LogP contribution >= 0.6 is 11.6 Å². The second-order valence-electron chi connectivity index (χ2n) is 5.08. The fraction of sp³-hybridized carbons (Fsp3) is 0.818. The fourth-order valence-electron chi connectivity index (χ4n) is 2.59. The maximum atomic E-state index is 12.1. The second-order valence-corrected chi connectivity index (χ2v) is 5.75. The molecule has 2 rings (SSSR count). The van der Waals surface area contributed by atoms with Crippen molar-refractivity contribution in [3.05, 3.63) is 10.4 Å². The number of rotatable bonds is 4. The van der Waals surface area contributed by atoms with Gasteiger partial charge in [0.05, 0.1) is 12.7 Å². The van der Waals surface area contributed by atoms with Crippen LogP contribution in [0.25, 0.3) is 10.4 Å². The van der Waals surface area contributed by atoms with Crippen LogP contribution in [0.4, 0.5) is 4.79 Å². The van der Waals surface area contributed by atoms with E-state index < -0.39 is 48.0 Å². The van der Waals surface area contributed by atoms with Gasteiger partial charge in [0.25, 0.3) is 5.91 Å². The van der Waals surface area contributed by atoms with Crippen LogP contribution in [0.2, 0.25) is 0 Å². The standard InChI is InChI=1S/C11H16ClN5O5/c1-2-11(12)8(15-16-13)17(10(21)14-9(11)20)7-3-5(19)6(4-18)22-7/h5-8,18-19H,2-4H2,1H3,(H,14,20,21). The summed E-state index contributed by atoms with van der Waals surface area (Å²) in [6, 6.07) is -0.831. The summed E-state index contributed by atoms with van der Waals surface area (Å²) < 4.78 is 5.39. The highest BCUT2D eigenvalue weighted by Gasteiger charge is 2.55. The molecule has 2 heterocycles. The maximum Gasteiger partial charge on any atom is 0.326 e. The summed E-state index contributed by atoms with van der Waals surface area (Å²) in [5.41, 5.74) is 8.73. The lowest BCUT2D eigenvalue weighted by atomic mass is 9.97. The molecule has 0 aliphatic carbocycles. The van der Waals surface area contributed by atoms with E-state index in [1.54, 1.807) is 6.92 Å². The molecule has 122 valence electrons. The van der Waals surface area contributed by atoms with Gasteiger partial charge in [-0.1, -0.05) is 12.0 Å². The number of halogens is 1. The number of aliphatic hydroxyl groups excluding tert-OH is 2. The molecule has 5 atom stereocenters. The molecular weight excluding hydrogens is 318 g/mol. The highest BCUT2D eigenvalue weighted by atomic mass is 35.5. The minimum absolute atomic E-state index is 0.000961. The summed E-state index contributed by atoms with van der Waals surface area (Å²) >= 11 is 6.26. The van der Waals surface area contributed by atoms with Gasteiger partial charge in [0.1, 0.15) is 23.4 Å². The number of nitrogens with one attached hydrogen (secondary N) is 1. The largest absolute Gasteiger partial charge is 0.394 e. The van der Waals surface area contributed by atoms with Crippen molar-refractivity contribution in [2.45, 2.75) is 49.2 Å². The summed E-state index contributed by atoms with van der Waals surface area (Å²) in [7, 11) is 0. The minimum Gasteiger partial charge on any atom is -0.394 e. The van der Waals surface area contributed by atoms with E-state index in [1.165, 1.54) is 0 Å². The molecular formula is C11H16ClN5O5. The first kappa shape index (κ1) is 16.8. The van der Waals surface area contributed by atoms with E-state index in [2.05, 4.69) is 15.3 Å². The molecule has 0 aromatic rings. The Kier molecular flexibility index (Phi) is 4.78. The number of aliphatic hydroxyl groups is 2. The number of imide groups is 1. The summed E-state index contributed by atoms with van der Waals surface area (Å²) in [5, 5.41) is 24.5. The van der Waals surface area contributed by atoms with Crippen LogP contribution in [0.15, 0.2) is 5.11 Å². The number of hydrogen-bond donors (Lipinski definition) is 3. The van der Waals surface area contributed by atoms with Gasteiger partial charge in [0.15, 0.2) is 0 Å². The number of amides is 3. The summed E-state index contributed by atoms with van der Waals surface area (Å²) in [5.74, 6) is -0.757. The molecule has 10 nitrogen and oxygen atoms in total. The van der Waals surface area contributed by atoms with E-state index in [0.717, 1.165) is 4.90 Å². The van der Waals surface area contributed by atoms with Gasteiger partial charge in [0.2, 0.25) is 0 Å². The van der Waals surface area contributed by atoms with Gasteiger partial charge in [-0.25, -0.2) is 4.79 Å². The van der Waals surface area contributed by atoms with Crippen molar-refractivity contribution in [2.24, 2.45) is 5.11 Å². The van der Waals surface area contributed by atoms with E-state index >= 15 is 0 Å². The molecule has 0 aromatic carbocycles. The lowest BCUT2D eigenvalue weighted by Crippen LogP contribution is -2.68. The molecule has 0 radical (unpaired) electrons. The van der Waals surface area contributed by atoms with Crippen molar-refractivity contribution >= 4 is 23.5 Å². The maximum absolute atomic E-state index is 12.1. The highest BCUT2D eigenvalue weighted by Crippen LogP contribution is 2.36. The molecule has 0 spiro atoms. The molecule has 22 heavy (non-hydrogen) atoms. The normalized spacial score (nSPS) is 38.6. The van der Waals surface area contributed by atoms with Crippen LogP contribution < -0.4 is 5.32 Å². The van der Waals surface area contributed by atoms with Gasteiger partial charge in [-0.3, -0.25) is 15.0 Å². The van der Waals surface area contributed by atoms with E-state index in [4.69, 9.17) is 27.0 Å². The number of carbonyl (C=O) groups is 2. The summed E-state index contributed by atoms with van der Waals surface area (Å²) in [6.07, 6.45) is -4.03. The Bertz CT molecular complexity index is 527. The number of azide groups is 1. The van der Waals surface area contributed by atoms with Crippen LogP contribution in [-0.2, 0) is 9.53 Å². The fourth-order valence-corrected chi connectivity index (χ4v) is 2.79.